The number of hydrogen-bond acceptors (Lipinski definition) is 4. The number of benzene rings is 1. The zero-order valence-corrected chi connectivity index (χ0v) is 11.8. The summed E-state index contributed by atoms with van der Waals surface area (Å²) in [5.74, 6) is 1.03. The normalized spacial score (nSPS) is 10.3. The summed E-state index contributed by atoms with van der Waals surface area (Å²) in [4.78, 5) is 14.7. The Kier molecular flexibility index (Phi) is 4.20. The van der Waals surface area contributed by atoms with Gasteiger partial charge in [0.25, 0.3) is 5.69 Å². The highest BCUT2D eigenvalue weighted by Crippen LogP contribution is 2.32. The van der Waals surface area contributed by atoms with Crippen LogP contribution in [0.3, 0.4) is 0 Å². The first kappa shape index (κ1) is 14.3. The molecule has 2 rings (SSSR count). The summed E-state index contributed by atoms with van der Waals surface area (Å²) >= 11 is 5.82. The highest BCUT2D eigenvalue weighted by molar-refractivity contribution is 6.17. The minimum atomic E-state index is -0.428. The van der Waals surface area contributed by atoms with Gasteiger partial charge in [-0.3, -0.25) is 10.1 Å². The van der Waals surface area contributed by atoms with Crippen molar-refractivity contribution in [2.24, 2.45) is 0 Å². The number of hydrogen-bond donors (Lipinski definition) is 0. The molecule has 0 radical (unpaired) electrons. The van der Waals surface area contributed by atoms with Gasteiger partial charge < -0.3 is 4.74 Å². The van der Waals surface area contributed by atoms with Crippen molar-refractivity contribution >= 4 is 17.3 Å². The van der Waals surface area contributed by atoms with Crippen LogP contribution in [-0.4, -0.2) is 9.91 Å². The van der Waals surface area contributed by atoms with Gasteiger partial charge in [-0.15, -0.1) is 11.6 Å². The second-order valence-electron chi connectivity index (χ2n) is 4.36. The largest absolute Gasteiger partial charge is 0.438 e. The molecule has 0 bridgehead atoms. The summed E-state index contributed by atoms with van der Waals surface area (Å²) in [7, 11) is 0. The molecule has 6 heteroatoms. The Morgan fingerprint density at radius 3 is 2.75 bits per heavy atom. The van der Waals surface area contributed by atoms with Crippen LogP contribution in [0.1, 0.15) is 16.7 Å². The van der Waals surface area contributed by atoms with E-state index in [1.165, 1.54) is 6.07 Å². The SMILES string of the molecule is Cc1cc(C)c([N+](=O)[O-])cc1Oc1ncccc1CCl. The molecule has 0 saturated carbocycles. The van der Waals surface area contributed by atoms with Crippen molar-refractivity contribution in [1.29, 1.82) is 0 Å². The summed E-state index contributed by atoms with van der Waals surface area (Å²) in [6, 6.07) is 6.69. The van der Waals surface area contributed by atoms with E-state index in [-0.39, 0.29) is 11.6 Å². The molecule has 0 aliphatic heterocycles. The Hall–Kier alpha value is -2.14. The molecule has 20 heavy (non-hydrogen) atoms. The van der Waals surface area contributed by atoms with E-state index in [4.69, 9.17) is 16.3 Å². The van der Waals surface area contributed by atoms with Crippen molar-refractivity contribution in [2.75, 3.05) is 0 Å². The predicted molar refractivity (Wildman–Crippen MR) is 76.4 cm³/mol. The van der Waals surface area contributed by atoms with E-state index in [2.05, 4.69) is 4.98 Å². The lowest BCUT2D eigenvalue weighted by molar-refractivity contribution is -0.385. The number of rotatable bonds is 4. The topological polar surface area (TPSA) is 65.3 Å². The van der Waals surface area contributed by atoms with Crippen LogP contribution < -0.4 is 4.74 Å². The Morgan fingerprint density at radius 1 is 1.35 bits per heavy atom. The summed E-state index contributed by atoms with van der Waals surface area (Å²) in [6.07, 6.45) is 1.59. The van der Waals surface area contributed by atoms with Crippen molar-refractivity contribution in [3.05, 3.63) is 57.3 Å². The first-order chi connectivity index (χ1) is 9.52. The van der Waals surface area contributed by atoms with Crippen LogP contribution in [-0.2, 0) is 5.88 Å². The van der Waals surface area contributed by atoms with E-state index < -0.39 is 4.92 Å². The van der Waals surface area contributed by atoms with Crippen LogP contribution in [0.4, 0.5) is 5.69 Å². The Morgan fingerprint density at radius 2 is 2.10 bits per heavy atom. The van der Waals surface area contributed by atoms with E-state index in [9.17, 15) is 10.1 Å². The van der Waals surface area contributed by atoms with Crippen LogP contribution in [0.15, 0.2) is 30.5 Å². The molecule has 5 nitrogen and oxygen atoms in total. The second-order valence-corrected chi connectivity index (χ2v) is 4.63. The van der Waals surface area contributed by atoms with Gasteiger partial charge in [-0.25, -0.2) is 4.98 Å². The highest BCUT2D eigenvalue weighted by Gasteiger charge is 2.16. The van der Waals surface area contributed by atoms with Gasteiger partial charge in [0.15, 0.2) is 0 Å². The Bertz CT molecular complexity index is 659. The lowest BCUT2D eigenvalue weighted by Crippen LogP contribution is -1.97. The van der Waals surface area contributed by atoms with Crippen molar-refractivity contribution in [3.8, 4) is 11.6 Å². The fourth-order valence-corrected chi connectivity index (χ4v) is 2.05. The first-order valence-electron chi connectivity index (χ1n) is 5.96. The monoisotopic (exact) mass is 292 g/mol. The number of nitro benzene ring substituents is 1. The quantitative estimate of drug-likeness (QED) is 0.482. The van der Waals surface area contributed by atoms with E-state index in [1.54, 1.807) is 31.3 Å². The summed E-state index contributed by atoms with van der Waals surface area (Å²) in [5.41, 5.74) is 2.16. The van der Waals surface area contributed by atoms with E-state index in [1.807, 2.05) is 6.92 Å². The highest BCUT2D eigenvalue weighted by atomic mass is 35.5. The molecule has 2 aromatic rings. The van der Waals surface area contributed by atoms with Crippen LogP contribution in [0.25, 0.3) is 0 Å². The molecule has 0 amide bonds. The number of aromatic nitrogens is 1. The molecule has 0 unspecified atom stereocenters. The van der Waals surface area contributed by atoms with Crippen molar-refractivity contribution in [2.45, 2.75) is 19.7 Å². The van der Waals surface area contributed by atoms with Crippen LogP contribution in [0, 0.1) is 24.0 Å². The van der Waals surface area contributed by atoms with Gasteiger partial charge in [0, 0.05) is 17.3 Å². The third-order valence-corrected chi connectivity index (χ3v) is 3.18. The number of aryl methyl sites for hydroxylation is 2. The minimum absolute atomic E-state index is 0.0222. The molecule has 0 spiro atoms. The number of nitrogens with zero attached hydrogens (tertiary/aromatic N) is 2. The molecule has 0 aliphatic rings. The van der Waals surface area contributed by atoms with Gasteiger partial charge in [-0.2, -0.15) is 0 Å². The lowest BCUT2D eigenvalue weighted by Gasteiger charge is -2.11. The number of nitro groups is 1. The van der Waals surface area contributed by atoms with Crippen molar-refractivity contribution < 1.29 is 9.66 Å². The van der Waals surface area contributed by atoms with Crippen molar-refractivity contribution in [1.82, 2.24) is 4.98 Å². The number of ether oxygens (including phenoxy) is 1. The fraction of sp³-hybridized carbons (Fsp3) is 0.214. The molecule has 1 aromatic heterocycles. The molecule has 104 valence electrons. The average Bonchev–Trinajstić information content (AvgIpc) is 2.42. The molecule has 0 fully saturated rings. The summed E-state index contributed by atoms with van der Waals surface area (Å²) in [6.45, 7) is 3.52. The molecular formula is C14H13ClN2O3. The van der Waals surface area contributed by atoms with E-state index in [0.717, 1.165) is 11.1 Å². The maximum atomic E-state index is 11.0. The van der Waals surface area contributed by atoms with Gasteiger partial charge in [-0.1, -0.05) is 6.07 Å². The van der Waals surface area contributed by atoms with Crippen molar-refractivity contribution in [3.63, 3.8) is 0 Å². The maximum absolute atomic E-state index is 11.0. The van der Waals surface area contributed by atoms with Gasteiger partial charge in [-0.05, 0) is 31.5 Å². The van der Waals surface area contributed by atoms with Crippen LogP contribution in [0.2, 0.25) is 0 Å². The molecule has 0 atom stereocenters. The smallest absolute Gasteiger partial charge is 0.276 e. The van der Waals surface area contributed by atoms with E-state index in [0.29, 0.717) is 17.2 Å². The van der Waals surface area contributed by atoms with Gasteiger partial charge in [0.05, 0.1) is 16.9 Å². The zero-order valence-electron chi connectivity index (χ0n) is 11.1. The molecule has 0 aliphatic carbocycles. The molecule has 1 aromatic carbocycles. The summed E-state index contributed by atoms with van der Waals surface area (Å²) in [5, 5.41) is 11.0. The minimum Gasteiger partial charge on any atom is -0.438 e. The predicted octanol–water partition coefficient (Wildman–Crippen LogP) is 4.14. The standard InChI is InChI=1S/C14H13ClN2O3/c1-9-6-10(2)13(7-12(9)17(18)19)20-14-11(8-15)4-3-5-16-14/h3-7H,8H2,1-2H3. The molecule has 0 saturated heterocycles. The summed E-state index contributed by atoms with van der Waals surface area (Å²) < 4.78 is 5.68. The number of pyridine rings is 1. The first-order valence-corrected chi connectivity index (χ1v) is 6.49. The molecular weight excluding hydrogens is 280 g/mol. The second kappa shape index (κ2) is 5.88. The van der Waals surface area contributed by atoms with Crippen LogP contribution >= 0.6 is 11.6 Å². The third-order valence-electron chi connectivity index (χ3n) is 2.89. The Balaban J connectivity index is 2.43. The van der Waals surface area contributed by atoms with Crippen LogP contribution in [0.5, 0.6) is 11.6 Å². The third kappa shape index (κ3) is 2.88. The fourth-order valence-electron chi connectivity index (χ4n) is 1.85. The maximum Gasteiger partial charge on any atom is 0.276 e. The average molecular weight is 293 g/mol. The van der Waals surface area contributed by atoms with Gasteiger partial charge in [0.1, 0.15) is 5.75 Å². The number of alkyl halides is 1. The van der Waals surface area contributed by atoms with Gasteiger partial charge in [0.2, 0.25) is 5.88 Å². The molecule has 1 heterocycles. The number of halogens is 1. The Labute approximate surface area is 121 Å². The molecule has 0 N–H and O–H groups in total. The zero-order chi connectivity index (χ0) is 14.7. The lowest BCUT2D eigenvalue weighted by atomic mass is 10.1. The van der Waals surface area contributed by atoms with Gasteiger partial charge >= 0.3 is 0 Å². The van der Waals surface area contributed by atoms with E-state index >= 15 is 0 Å².